The standard InChI is InChI=1S/C10H14ClNO3S/c1-2-12-16(13,14)10-5-3-9(4-6-10)15-8-7-11/h3-6,12H,2,7-8H2,1H3. The van der Waals surface area contributed by atoms with Crippen molar-refractivity contribution in [2.75, 3.05) is 19.0 Å². The summed E-state index contributed by atoms with van der Waals surface area (Å²) in [6.45, 7) is 2.50. The van der Waals surface area contributed by atoms with Gasteiger partial charge in [-0.15, -0.1) is 11.6 Å². The first-order valence-corrected chi connectivity index (χ1v) is 6.90. The van der Waals surface area contributed by atoms with Gasteiger partial charge in [0.1, 0.15) is 12.4 Å². The van der Waals surface area contributed by atoms with Crippen LogP contribution < -0.4 is 9.46 Å². The zero-order valence-electron chi connectivity index (χ0n) is 8.94. The number of halogens is 1. The maximum Gasteiger partial charge on any atom is 0.240 e. The highest BCUT2D eigenvalue weighted by Crippen LogP contribution is 2.15. The quantitative estimate of drug-likeness (QED) is 0.794. The lowest BCUT2D eigenvalue weighted by atomic mass is 10.3. The Hall–Kier alpha value is -0.780. The SMILES string of the molecule is CCNS(=O)(=O)c1ccc(OCCCl)cc1. The van der Waals surface area contributed by atoms with Gasteiger partial charge in [0.05, 0.1) is 10.8 Å². The van der Waals surface area contributed by atoms with E-state index < -0.39 is 10.0 Å². The van der Waals surface area contributed by atoms with E-state index in [1.165, 1.54) is 12.1 Å². The number of alkyl halides is 1. The molecule has 0 bridgehead atoms. The minimum atomic E-state index is -3.38. The number of rotatable bonds is 6. The van der Waals surface area contributed by atoms with Gasteiger partial charge in [0.15, 0.2) is 0 Å². The molecule has 0 aliphatic heterocycles. The van der Waals surface area contributed by atoms with Crippen LogP contribution in [0.3, 0.4) is 0 Å². The molecule has 0 fully saturated rings. The second kappa shape index (κ2) is 6.08. The molecule has 1 rings (SSSR count). The summed E-state index contributed by atoms with van der Waals surface area (Å²) in [6.07, 6.45) is 0. The van der Waals surface area contributed by atoms with Crippen LogP contribution in [0.5, 0.6) is 5.75 Å². The summed E-state index contributed by atoms with van der Waals surface area (Å²) < 4.78 is 30.8. The Morgan fingerprint density at radius 2 is 1.94 bits per heavy atom. The molecule has 0 amide bonds. The molecule has 4 nitrogen and oxygen atoms in total. The van der Waals surface area contributed by atoms with Crippen molar-refractivity contribution in [1.82, 2.24) is 4.72 Å². The maximum absolute atomic E-state index is 11.6. The van der Waals surface area contributed by atoms with Gasteiger partial charge in [-0.3, -0.25) is 0 Å². The maximum atomic E-state index is 11.6. The third-order valence-electron chi connectivity index (χ3n) is 1.81. The zero-order chi connectivity index (χ0) is 12.0. The molecule has 0 saturated carbocycles. The lowest BCUT2D eigenvalue weighted by Gasteiger charge is -2.06. The van der Waals surface area contributed by atoms with Gasteiger partial charge in [0.25, 0.3) is 0 Å². The van der Waals surface area contributed by atoms with Gasteiger partial charge >= 0.3 is 0 Å². The van der Waals surface area contributed by atoms with E-state index in [2.05, 4.69) is 4.72 Å². The van der Waals surface area contributed by atoms with E-state index in [1.54, 1.807) is 19.1 Å². The molecule has 0 radical (unpaired) electrons. The molecule has 1 aromatic carbocycles. The Bertz CT molecular complexity index is 416. The summed E-state index contributed by atoms with van der Waals surface area (Å²) in [4.78, 5) is 0.229. The molecular weight excluding hydrogens is 250 g/mol. The number of nitrogens with one attached hydrogen (secondary N) is 1. The van der Waals surface area contributed by atoms with Gasteiger partial charge < -0.3 is 4.74 Å². The first kappa shape index (κ1) is 13.3. The highest BCUT2D eigenvalue weighted by molar-refractivity contribution is 7.89. The Balaban J connectivity index is 2.78. The summed E-state index contributed by atoms with van der Waals surface area (Å²) >= 11 is 5.47. The van der Waals surface area contributed by atoms with Crippen molar-refractivity contribution in [2.24, 2.45) is 0 Å². The lowest BCUT2D eigenvalue weighted by Crippen LogP contribution is -2.22. The van der Waals surface area contributed by atoms with Gasteiger partial charge in [-0.2, -0.15) is 0 Å². The Morgan fingerprint density at radius 3 is 2.44 bits per heavy atom. The molecule has 0 aromatic heterocycles. The average molecular weight is 264 g/mol. The molecule has 1 N–H and O–H groups in total. The van der Waals surface area contributed by atoms with Gasteiger partial charge in [-0.05, 0) is 24.3 Å². The van der Waals surface area contributed by atoms with Crippen LogP contribution in [-0.4, -0.2) is 27.4 Å². The average Bonchev–Trinajstić information content (AvgIpc) is 2.27. The molecule has 90 valence electrons. The van der Waals surface area contributed by atoms with E-state index in [1.807, 2.05) is 0 Å². The van der Waals surface area contributed by atoms with Crippen LogP contribution in [0.4, 0.5) is 0 Å². The van der Waals surface area contributed by atoms with Crippen molar-refractivity contribution >= 4 is 21.6 Å². The fourth-order valence-corrected chi connectivity index (χ4v) is 2.26. The number of hydrogen-bond acceptors (Lipinski definition) is 3. The minimum absolute atomic E-state index is 0.229. The number of sulfonamides is 1. The number of hydrogen-bond donors (Lipinski definition) is 1. The van der Waals surface area contributed by atoms with Crippen LogP contribution in [0.25, 0.3) is 0 Å². The topological polar surface area (TPSA) is 55.4 Å². The third kappa shape index (κ3) is 3.66. The second-order valence-electron chi connectivity index (χ2n) is 3.01. The number of benzene rings is 1. The van der Waals surface area contributed by atoms with Crippen LogP contribution in [0.2, 0.25) is 0 Å². The Kier molecular flexibility index (Phi) is 5.05. The monoisotopic (exact) mass is 263 g/mol. The molecule has 16 heavy (non-hydrogen) atoms. The van der Waals surface area contributed by atoms with Crippen molar-refractivity contribution < 1.29 is 13.2 Å². The highest BCUT2D eigenvalue weighted by atomic mass is 35.5. The molecule has 0 heterocycles. The Labute approximate surface area is 101 Å². The highest BCUT2D eigenvalue weighted by Gasteiger charge is 2.11. The van der Waals surface area contributed by atoms with E-state index in [-0.39, 0.29) is 4.90 Å². The summed E-state index contributed by atoms with van der Waals surface area (Å²) in [6, 6.07) is 6.22. The van der Waals surface area contributed by atoms with Gasteiger partial charge in [0.2, 0.25) is 10.0 Å². The predicted molar refractivity (Wildman–Crippen MR) is 63.5 cm³/mol. The molecule has 0 unspecified atom stereocenters. The predicted octanol–water partition coefficient (Wildman–Crippen LogP) is 1.60. The van der Waals surface area contributed by atoms with E-state index >= 15 is 0 Å². The van der Waals surface area contributed by atoms with Crippen molar-refractivity contribution in [3.05, 3.63) is 24.3 Å². The van der Waals surface area contributed by atoms with Crippen LogP contribution in [0.15, 0.2) is 29.2 Å². The molecule has 1 aromatic rings. The van der Waals surface area contributed by atoms with Crippen LogP contribution >= 0.6 is 11.6 Å². The summed E-state index contributed by atoms with van der Waals surface area (Å²) in [5.41, 5.74) is 0. The summed E-state index contributed by atoms with van der Waals surface area (Å²) in [5, 5.41) is 0. The van der Waals surface area contributed by atoms with Gasteiger partial charge in [-0.1, -0.05) is 6.92 Å². The van der Waals surface area contributed by atoms with Gasteiger partial charge in [-0.25, -0.2) is 13.1 Å². The van der Waals surface area contributed by atoms with Crippen molar-refractivity contribution in [3.8, 4) is 5.75 Å². The van der Waals surface area contributed by atoms with E-state index in [0.29, 0.717) is 24.8 Å². The summed E-state index contributed by atoms with van der Waals surface area (Å²) in [5.74, 6) is 1.01. The molecule has 6 heteroatoms. The fraction of sp³-hybridized carbons (Fsp3) is 0.400. The minimum Gasteiger partial charge on any atom is -0.492 e. The molecule has 0 aliphatic rings. The smallest absolute Gasteiger partial charge is 0.240 e. The molecule has 0 atom stereocenters. The van der Waals surface area contributed by atoms with Crippen molar-refractivity contribution in [1.29, 1.82) is 0 Å². The van der Waals surface area contributed by atoms with Crippen LogP contribution in [0, 0.1) is 0 Å². The molecular formula is C10H14ClNO3S. The first-order valence-electron chi connectivity index (χ1n) is 4.88. The molecule has 0 saturated heterocycles. The normalized spacial score (nSPS) is 11.4. The molecule has 0 aliphatic carbocycles. The summed E-state index contributed by atoms with van der Waals surface area (Å²) in [7, 11) is -3.38. The van der Waals surface area contributed by atoms with Crippen LogP contribution in [0.1, 0.15) is 6.92 Å². The van der Waals surface area contributed by atoms with Gasteiger partial charge in [0, 0.05) is 6.54 Å². The van der Waals surface area contributed by atoms with E-state index in [9.17, 15) is 8.42 Å². The van der Waals surface area contributed by atoms with Crippen molar-refractivity contribution in [2.45, 2.75) is 11.8 Å². The molecule has 0 spiro atoms. The van der Waals surface area contributed by atoms with Crippen LogP contribution in [-0.2, 0) is 10.0 Å². The lowest BCUT2D eigenvalue weighted by molar-refractivity contribution is 0.342. The second-order valence-corrected chi connectivity index (χ2v) is 5.16. The Morgan fingerprint density at radius 1 is 1.31 bits per heavy atom. The number of ether oxygens (including phenoxy) is 1. The van der Waals surface area contributed by atoms with Crippen molar-refractivity contribution in [3.63, 3.8) is 0 Å². The van der Waals surface area contributed by atoms with E-state index in [0.717, 1.165) is 0 Å². The largest absolute Gasteiger partial charge is 0.492 e. The fourth-order valence-electron chi connectivity index (χ4n) is 1.14. The third-order valence-corrected chi connectivity index (χ3v) is 3.53. The first-order chi connectivity index (χ1) is 7.60. The zero-order valence-corrected chi connectivity index (χ0v) is 10.5. The van der Waals surface area contributed by atoms with E-state index in [4.69, 9.17) is 16.3 Å².